The fraction of sp³-hybridized carbons (Fsp3) is 0.458. The molecule has 4 nitrogen and oxygen atoms in total. The van der Waals surface area contributed by atoms with Gasteiger partial charge in [0.15, 0.2) is 23.0 Å². The normalized spacial score (nSPS) is 21.9. The van der Waals surface area contributed by atoms with Gasteiger partial charge >= 0.3 is 0 Å². The van der Waals surface area contributed by atoms with E-state index in [9.17, 15) is 9.18 Å². The van der Waals surface area contributed by atoms with Gasteiger partial charge in [-0.1, -0.05) is 23.7 Å². The summed E-state index contributed by atoms with van der Waals surface area (Å²) in [5.74, 6) is -1.51. The highest BCUT2D eigenvalue weighted by molar-refractivity contribution is 6.30. The van der Waals surface area contributed by atoms with E-state index >= 15 is 4.39 Å². The van der Waals surface area contributed by atoms with E-state index in [0.717, 1.165) is 32.5 Å². The van der Waals surface area contributed by atoms with Crippen LogP contribution >= 0.6 is 11.6 Å². The number of ether oxygens (including phenoxy) is 2. The lowest BCUT2D eigenvalue weighted by molar-refractivity contribution is 0.0584. The number of alkyl halides is 1. The van der Waals surface area contributed by atoms with Gasteiger partial charge in [0.1, 0.15) is 0 Å². The summed E-state index contributed by atoms with van der Waals surface area (Å²) in [6.45, 7) is 2.49. The number of hydrogen-bond donors (Lipinski definition) is 0. The van der Waals surface area contributed by atoms with E-state index in [-0.39, 0.29) is 35.8 Å². The van der Waals surface area contributed by atoms with Crippen molar-refractivity contribution in [1.29, 1.82) is 0 Å². The van der Waals surface area contributed by atoms with Crippen molar-refractivity contribution in [3.05, 3.63) is 57.9 Å². The monoisotopic (exact) mass is 449 g/mol. The molecule has 1 atom stereocenters. The van der Waals surface area contributed by atoms with Crippen molar-refractivity contribution in [2.45, 2.75) is 37.9 Å². The van der Waals surface area contributed by atoms with Crippen molar-refractivity contribution < 1.29 is 23.0 Å². The van der Waals surface area contributed by atoms with Crippen molar-refractivity contribution in [2.24, 2.45) is 5.92 Å². The molecular formula is C24H26ClF2NO3. The average molecular weight is 450 g/mol. The number of likely N-dealkylation sites (tertiary alicyclic amines) is 1. The third-order valence-corrected chi connectivity index (χ3v) is 6.69. The molecule has 1 heterocycles. The molecule has 0 radical (unpaired) electrons. The summed E-state index contributed by atoms with van der Waals surface area (Å²) >= 11 is 5.94. The number of Topliss-reactive ketones (excluding diaryl/α,β-unsaturated/α-hetero) is 1. The fourth-order valence-electron chi connectivity index (χ4n) is 4.81. The van der Waals surface area contributed by atoms with Crippen LogP contribution in [0.25, 0.3) is 0 Å². The van der Waals surface area contributed by atoms with Crippen LogP contribution in [0.1, 0.15) is 40.7 Å². The minimum absolute atomic E-state index is 0.0802. The molecule has 31 heavy (non-hydrogen) atoms. The van der Waals surface area contributed by atoms with Crippen molar-refractivity contribution in [2.75, 3.05) is 27.3 Å². The third-order valence-electron chi connectivity index (χ3n) is 6.44. The second-order valence-electron chi connectivity index (χ2n) is 8.48. The number of ketones is 1. The molecule has 7 heteroatoms. The molecule has 1 aliphatic heterocycles. The second-order valence-corrected chi connectivity index (χ2v) is 8.92. The predicted molar refractivity (Wildman–Crippen MR) is 115 cm³/mol. The maximum Gasteiger partial charge on any atom is 0.203 e. The molecular weight excluding hydrogens is 424 g/mol. The van der Waals surface area contributed by atoms with Crippen LogP contribution in [0.5, 0.6) is 11.5 Å². The highest BCUT2D eigenvalue weighted by atomic mass is 35.5. The Morgan fingerprint density at radius 1 is 1.16 bits per heavy atom. The lowest BCUT2D eigenvalue weighted by Gasteiger charge is -2.34. The third kappa shape index (κ3) is 4.28. The van der Waals surface area contributed by atoms with Gasteiger partial charge in [0.25, 0.3) is 0 Å². The van der Waals surface area contributed by atoms with Crippen LogP contribution in [-0.2, 0) is 13.0 Å². The molecule has 166 valence electrons. The molecule has 0 N–H and O–H groups in total. The van der Waals surface area contributed by atoms with E-state index in [1.54, 1.807) is 0 Å². The summed E-state index contributed by atoms with van der Waals surface area (Å²) in [7, 11) is 2.69. The van der Waals surface area contributed by atoms with Gasteiger partial charge in [-0.15, -0.1) is 0 Å². The number of halogens is 3. The molecule has 2 aromatic rings. The number of piperidine rings is 1. The smallest absolute Gasteiger partial charge is 0.203 e. The van der Waals surface area contributed by atoms with Gasteiger partial charge < -0.3 is 9.47 Å². The first-order valence-electron chi connectivity index (χ1n) is 10.5. The topological polar surface area (TPSA) is 38.8 Å². The zero-order valence-corrected chi connectivity index (χ0v) is 18.5. The van der Waals surface area contributed by atoms with Crippen molar-refractivity contribution >= 4 is 17.4 Å². The number of carbonyl (C=O) groups is 1. The molecule has 1 fully saturated rings. The average Bonchev–Trinajstić information content (AvgIpc) is 3.01. The fourth-order valence-corrected chi connectivity index (χ4v) is 4.94. The Morgan fingerprint density at radius 3 is 2.45 bits per heavy atom. The van der Waals surface area contributed by atoms with Crippen LogP contribution in [0.4, 0.5) is 8.78 Å². The molecule has 1 saturated heterocycles. The van der Waals surface area contributed by atoms with Crippen molar-refractivity contribution in [3.63, 3.8) is 0 Å². The van der Waals surface area contributed by atoms with Crippen molar-refractivity contribution in [3.8, 4) is 11.5 Å². The first kappa shape index (κ1) is 22.0. The summed E-state index contributed by atoms with van der Waals surface area (Å²) in [5, 5.41) is 0.713. The first-order valence-corrected chi connectivity index (χ1v) is 10.9. The maximum atomic E-state index is 15.8. The number of fused-ring (bicyclic) bond motifs is 1. The molecule has 1 aliphatic carbocycles. The minimum atomic E-state index is -2.08. The zero-order chi connectivity index (χ0) is 22.2. The largest absolute Gasteiger partial charge is 0.493 e. The number of carbonyl (C=O) groups excluding carboxylic acids is 1. The lowest BCUT2D eigenvalue weighted by Crippen LogP contribution is -2.39. The van der Waals surface area contributed by atoms with Crippen LogP contribution in [0, 0.1) is 11.7 Å². The number of rotatable bonds is 6. The standard InChI is InChI=1S/C24H26ClF2NO3/c1-30-19-11-17-13-24(27,23(29)20(17)21(26)22(19)31-2)12-15-7-9-28(10-8-15)14-16-3-5-18(25)6-4-16/h3-6,11,15H,7-10,12-14H2,1-2H3. The van der Waals surface area contributed by atoms with E-state index < -0.39 is 17.3 Å². The number of nitrogens with zero attached hydrogens (tertiary/aromatic N) is 1. The highest BCUT2D eigenvalue weighted by Crippen LogP contribution is 2.45. The van der Waals surface area contributed by atoms with Crippen LogP contribution < -0.4 is 9.47 Å². The van der Waals surface area contributed by atoms with Gasteiger partial charge in [0, 0.05) is 18.0 Å². The second kappa shape index (κ2) is 8.75. The summed E-state index contributed by atoms with van der Waals surface area (Å²) in [4.78, 5) is 15.2. The summed E-state index contributed by atoms with van der Waals surface area (Å²) in [6, 6.07) is 9.30. The maximum absolute atomic E-state index is 15.8. The first-order chi connectivity index (χ1) is 14.8. The van der Waals surface area contributed by atoms with Crippen molar-refractivity contribution in [1.82, 2.24) is 4.90 Å². The number of methoxy groups -OCH3 is 2. The lowest BCUT2D eigenvalue weighted by atomic mass is 9.83. The summed E-state index contributed by atoms with van der Waals surface area (Å²) in [6.07, 6.45) is 1.60. The quantitative estimate of drug-likeness (QED) is 0.604. The van der Waals surface area contributed by atoms with Gasteiger partial charge in [-0.2, -0.15) is 0 Å². The van der Waals surface area contributed by atoms with Gasteiger partial charge in [-0.3, -0.25) is 9.69 Å². The van der Waals surface area contributed by atoms with E-state index in [1.165, 1.54) is 25.8 Å². The minimum Gasteiger partial charge on any atom is -0.493 e. The Balaban J connectivity index is 1.41. The summed E-state index contributed by atoms with van der Waals surface area (Å²) < 4.78 is 40.9. The number of benzene rings is 2. The molecule has 0 spiro atoms. The van der Waals surface area contributed by atoms with Crippen LogP contribution in [0.15, 0.2) is 30.3 Å². The molecule has 2 aliphatic rings. The Kier molecular flexibility index (Phi) is 6.22. The molecule has 0 amide bonds. The van der Waals surface area contributed by atoms with Crippen LogP contribution in [-0.4, -0.2) is 43.7 Å². The van der Waals surface area contributed by atoms with Gasteiger partial charge in [-0.25, -0.2) is 8.78 Å². The Bertz CT molecular complexity index is 974. The van der Waals surface area contributed by atoms with Crippen LogP contribution in [0.2, 0.25) is 5.02 Å². The highest BCUT2D eigenvalue weighted by Gasteiger charge is 2.50. The molecule has 0 bridgehead atoms. The molecule has 2 aromatic carbocycles. The van der Waals surface area contributed by atoms with Gasteiger partial charge in [0.2, 0.25) is 5.78 Å². The van der Waals surface area contributed by atoms with Crippen LogP contribution in [0.3, 0.4) is 0 Å². The summed E-state index contributed by atoms with van der Waals surface area (Å²) in [5.41, 5.74) is -0.739. The van der Waals surface area contributed by atoms with E-state index in [4.69, 9.17) is 21.1 Å². The molecule has 0 aromatic heterocycles. The van der Waals surface area contributed by atoms with E-state index in [1.807, 2.05) is 24.3 Å². The zero-order valence-electron chi connectivity index (χ0n) is 17.7. The Hall–Kier alpha value is -2.18. The van der Waals surface area contributed by atoms with E-state index in [2.05, 4.69) is 4.90 Å². The van der Waals surface area contributed by atoms with Gasteiger partial charge in [0.05, 0.1) is 19.8 Å². The molecule has 1 unspecified atom stereocenters. The Morgan fingerprint density at radius 2 is 1.84 bits per heavy atom. The SMILES string of the molecule is COc1cc2c(c(F)c1OC)C(=O)C(F)(CC1CCN(Cc3ccc(Cl)cc3)CC1)C2. The Labute approximate surface area is 186 Å². The van der Waals surface area contributed by atoms with E-state index in [0.29, 0.717) is 10.6 Å². The predicted octanol–water partition coefficient (Wildman–Crippen LogP) is 5.25. The van der Waals surface area contributed by atoms with Gasteiger partial charge in [-0.05, 0) is 67.6 Å². The number of hydrogen-bond acceptors (Lipinski definition) is 4. The molecule has 4 rings (SSSR count). The molecule has 0 saturated carbocycles.